The van der Waals surface area contributed by atoms with Gasteiger partial charge in [-0.05, 0) is 69.8 Å². The van der Waals surface area contributed by atoms with E-state index in [0.717, 1.165) is 27.8 Å². The van der Waals surface area contributed by atoms with Crippen molar-refractivity contribution in [2.45, 2.75) is 0 Å². The predicted molar refractivity (Wildman–Crippen MR) is 217 cm³/mol. The maximum absolute atomic E-state index is 5.14. The molecule has 0 N–H and O–H groups in total. The zero-order valence-electron chi connectivity index (χ0n) is 27.7. The Labute approximate surface area is 301 Å². The average molecular weight is 679 g/mol. The molecular weight excluding hydrogens is 653 g/mol. The minimum Gasteiger partial charge on any atom is -0.309 e. The zero-order chi connectivity index (χ0) is 33.9. The summed E-state index contributed by atoms with van der Waals surface area (Å²) >= 11 is 1.89. The van der Waals surface area contributed by atoms with Crippen LogP contribution in [0.1, 0.15) is 0 Å². The fourth-order valence-electron chi connectivity index (χ4n) is 8.46. The number of thiophene rings is 1. The van der Waals surface area contributed by atoms with Gasteiger partial charge in [0.25, 0.3) is 0 Å². The first-order valence-corrected chi connectivity index (χ1v) is 18.3. The predicted octanol–water partition coefficient (Wildman–Crippen LogP) is 12.6. The summed E-state index contributed by atoms with van der Waals surface area (Å²) in [4.78, 5) is 15.2. The second-order valence-corrected chi connectivity index (χ2v) is 14.7. The van der Waals surface area contributed by atoms with Gasteiger partial charge in [-0.15, -0.1) is 11.3 Å². The molecular formula is C47H26N4S. The zero-order valence-corrected chi connectivity index (χ0v) is 28.5. The van der Waals surface area contributed by atoms with E-state index in [-0.39, 0.29) is 0 Å². The highest BCUT2D eigenvalue weighted by Gasteiger charge is 2.25. The molecule has 0 bridgehead atoms. The number of fused-ring (bicyclic) bond motifs is 2. The molecule has 3 heterocycles. The summed E-state index contributed by atoms with van der Waals surface area (Å²) in [6.45, 7) is 0. The molecule has 0 aliphatic heterocycles. The molecule has 8 aromatic carbocycles. The van der Waals surface area contributed by atoms with E-state index in [4.69, 9.17) is 15.0 Å². The average Bonchev–Trinajstić information content (AvgIpc) is 3.73. The highest BCUT2D eigenvalue weighted by atomic mass is 32.1. The quantitative estimate of drug-likeness (QED) is 0.186. The van der Waals surface area contributed by atoms with Crippen LogP contribution in [0, 0.1) is 0 Å². The molecule has 240 valence electrons. The first kappa shape index (κ1) is 28.1. The molecule has 12 rings (SSSR count). The summed E-state index contributed by atoms with van der Waals surface area (Å²) < 4.78 is 5.11. The molecule has 52 heavy (non-hydrogen) atoms. The molecule has 1 aliphatic rings. The van der Waals surface area contributed by atoms with E-state index in [2.05, 4.69) is 144 Å². The van der Waals surface area contributed by atoms with Gasteiger partial charge in [0.1, 0.15) is 0 Å². The van der Waals surface area contributed by atoms with Gasteiger partial charge in [-0.3, -0.25) is 0 Å². The van der Waals surface area contributed by atoms with Gasteiger partial charge in [-0.1, -0.05) is 115 Å². The first-order valence-electron chi connectivity index (χ1n) is 17.5. The Morgan fingerprint density at radius 2 is 1.00 bits per heavy atom. The van der Waals surface area contributed by atoms with E-state index in [9.17, 15) is 0 Å². The Morgan fingerprint density at radius 3 is 1.87 bits per heavy atom. The van der Waals surface area contributed by atoms with Gasteiger partial charge in [0.05, 0.1) is 11.0 Å². The molecule has 0 amide bonds. The van der Waals surface area contributed by atoms with Crippen molar-refractivity contribution in [3.05, 3.63) is 158 Å². The van der Waals surface area contributed by atoms with Crippen molar-refractivity contribution in [1.82, 2.24) is 19.5 Å². The van der Waals surface area contributed by atoms with E-state index in [1.807, 2.05) is 29.5 Å². The molecule has 0 unspecified atom stereocenters. The smallest absolute Gasteiger partial charge is 0.164 e. The lowest BCUT2D eigenvalue weighted by molar-refractivity contribution is 1.07. The lowest BCUT2D eigenvalue weighted by atomic mass is 9.98. The molecule has 0 atom stereocenters. The van der Waals surface area contributed by atoms with Crippen LogP contribution in [0.15, 0.2) is 158 Å². The number of rotatable bonds is 4. The van der Waals surface area contributed by atoms with Crippen molar-refractivity contribution >= 4 is 74.9 Å². The molecule has 5 heteroatoms. The third kappa shape index (κ3) is 3.88. The van der Waals surface area contributed by atoms with Crippen molar-refractivity contribution < 1.29 is 0 Å². The minimum atomic E-state index is 0.642. The highest BCUT2D eigenvalue weighted by Crippen LogP contribution is 2.52. The summed E-state index contributed by atoms with van der Waals surface area (Å²) in [6, 6.07) is 56.4. The summed E-state index contributed by atoms with van der Waals surface area (Å²) in [7, 11) is 0. The van der Waals surface area contributed by atoms with Crippen LogP contribution >= 0.6 is 11.3 Å². The molecule has 0 saturated carbocycles. The molecule has 1 aliphatic carbocycles. The van der Waals surface area contributed by atoms with Crippen LogP contribution in [0.5, 0.6) is 0 Å². The Bertz CT molecular complexity index is 3300. The lowest BCUT2D eigenvalue weighted by Crippen LogP contribution is -2.01. The van der Waals surface area contributed by atoms with E-state index in [0.29, 0.717) is 17.5 Å². The Hall–Kier alpha value is -6.69. The van der Waals surface area contributed by atoms with Crippen molar-refractivity contribution in [3.8, 4) is 51.0 Å². The topological polar surface area (TPSA) is 43.6 Å². The van der Waals surface area contributed by atoms with Gasteiger partial charge in [-0.2, -0.15) is 0 Å². The maximum Gasteiger partial charge on any atom is 0.164 e. The SMILES string of the molecule is c1ccc(-c2nc(-c3cccc(-n4c5cccc6c5c5c7c(ccc8sc9cccc-6c9c87)ccc54)c3)nc(-c3ccc4ccccc4c3)n2)cc1. The largest absolute Gasteiger partial charge is 0.309 e. The summed E-state index contributed by atoms with van der Waals surface area (Å²) in [6.07, 6.45) is 0. The second kappa shape index (κ2) is 10.4. The van der Waals surface area contributed by atoms with Gasteiger partial charge in [0, 0.05) is 58.7 Å². The van der Waals surface area contributed by atoms with Crippen molar-refractivity contribution in [3.63, 3.8) is 0 Å². The van der Waals surface area contributed by atoms with Crippen LogP contribution in [0.3, 0.4) is 0 Å². The van der Waals surface area contributed by atoms with Gasteiger partial charge < -0.3 is 4.57 Å². The van der Waals surface area contributed by atoms with Crippen LogP contribution < -0.4 is 0 Å². The lowest BCUT2D eigenvalue weighted by Gasteiger charge is -2.13. The van der Waals surface area contributed by atoms with Crippen molar-refractivity contribution in [2.24, 2.45) is 0 Å². The van der Waals surface area contributed by atoms with E-state index in [1.165, 1.54) is 69.3 Å². The van der Waals surface area contributed by atoms with Gasteiger partial charge in [-0.25, -0.2) is 15.0 Å². The van der Waals surface area contributed by atoms with E-state index < -0.39 is 0 Å². The van der Waals surface area contributed by atoms with Crippen LogP contribution in [-0.4, -0.2) is 19.5 Å². The maximum atomic E-state index is 5.14. The van der Waals surface area contributed by atoms with Gasteiger partial charge >= 0.3 is 0 Å². The summed E-state index contributed by atoms with van der Waals surface area (Å²) in [5, 5.41) is 10.3. The fraction of sp³-hybridized carbons (Fsp3) is 0. The van der Waals surface area contributed by atoms with Crippen LogP contribution in [0.2, 0.25) is 0 Å². The van der Waals surface area contributed by atoms with Crippen LogP contribution in [0.4, 0.5) is 0 Å². The Morgan fingerprint density at radius 1 is 0.365 bits per heavy atom. The molecule has 0 saturated heterocycles. The van der Waals surface area contributed by atoms with Crippen molar-refractivity contribution in [1.29, 1.82) is 0 Å². The number of aromatic nitrogens is 4. The summed E-state index contributed by atoms with van der Waals surface area (Å²) in [5.41, 5.74) is 8.91. The standard InChI is InChI=1S/C47H26N4S/c1-2-10-29(11-3-1)45-48-46(50-47(49-45)32-20-19-27-9-4-5-12-30(27)25-32)31-13-6-14-33(26-31)51-36-17-7-15-34-35-16-8-18-38-42(35)44-39(52-38)24-22-28-21-23-37(51)43(40(28)44)41(34)36/h1-26H. The van der Waals surface area contributed by atoms with Gasteiger partial charge in [0.15, 0.2) is 17.5 Å². The van der Waals surface area contributed by atoms with Crippen molar-refractivity contribution in [2.75, 3.05) is 0 Å². The number of benzene rings is 8. The fourth-order valence-corrected chi connectivity index (χ4v) is 9.60. The third-order valence-corrected chi connectivity index (χ3v) is 11.8. The monoisotopic (exact) mass is 678 g/mol. The molecule has 0 radical (unpaired) electrons. The number of nitrogens with zero attached hydrogens (tertiary/aromatic N) is 4. The molecule has 11 aromatic rings. The highest BCUT2D eigenvalue weighted by molar-refractivity contribution is 7.26. The third-order valence-electron chi connectivity index (χ3n) is 10.7. The molecule has 0 fully saturated rings. The van der Waals surface area contributed by atoms with Gasteiger partial charge in [0.2, 0.25) is 0 Å². The first-order chi connectivity index (χ1) is 25.8. The number of hydrogen-bond acceptors (Lipinski definition) is 4. The number of hydrogen-bond donors (Lipinski definition) is 0. The molecule has 0 spiro atoms. The second-order valence-electron chi connectivity index (χ2n) is 13.6. The molecule has 4 nitrogen and oxygen atoms in total. The Balaban J connectivity index is 1.11. The van der Waals surface area contributed by atoms with Crippen LogP contribution in [0.25, 0.3) is 115 Å². The van der Waals surface area contributed by atoms with E-state index in [1.54, 1.807) is 0 Å². The molecule has 3 aromatic heterocycles. The van der Waals surface area contributed by atoms with Crippen LogP contribution in [-0.2, 0) is 0 Å². The van der Waals surface area contributed by atoms with E-state index >= 15 is 0 Å². The minimum absolute atomic E-state index is 0.642. The normalized spacial score (nSPS) is 12.2. The summed E-state index contributed by atoms with van der Waals surface area (Å²) in [5.74, 6) is 1.95. The Kier molecular flexibility index (Phi) is 5.62.